The van der Waals surface area contributed by atoms with Gasteiger partial charge < -0.3 is 9.64 Å². The Hall–Kier alpha value is -1.20. The lowest BCUT2D eigenvalue weighted by atomic mass is 10.1. The summed E-state index contributed by atoms with van der Waals surface area (Å²) < 4.78 is 57.4. The van der Waals surface area contributed by atoms with Crippen LogP contribution >= 0.6 is 11.6 Å². The number of hydrogen-bond acceptors (Lipinski definition) is 6. The van der Waals surface area contributed by atoms with Gasteiger partial charge in [0.05, 0.1) is 28.7 Å². The van der Waals surface area contributed by atoms with Crippen molar-refractivity contribution in [2.24, 2.45) is 0 Å². The van der Waals surface area contributed by atoms with E-state index in [-0.39, 0.29) is 58.2 Å². The number of benzene rings is 1. The van der Waals surface area contributed by atoms with Gasteiger partial charge >= 0.3 is 0 Å². The van der Waals surface area contributed by atoms with Gasteiger partial charge in [0.15, 0.2) is 9.84 Å². The molecule has 0 radical (unpaired) electrons. The van der Waals surface area contributed by atoms with Crippen molar-refractivity contribution in [1.29, 1.82) is 0 Å². The van der Waals surface area contributed by atoms with Crippen molar-refractivity contribution in [3.05, 3.63) is 28.8 Å². The van der Waals surface area contributed by atoms with Crippen LogP contribution < -0.4 is 0 Å². The van der Waals surface area contributed by atoms with E-state index >= 15 is 0 Å². The summed E-state index contributed by atoms with van der Waals surface area (Å²) in [4.78, 5) is 14.7. The minimum absolute atomic E-state index is 0.0360. The summed E-state index contributed by atoms with van der Waals surface area (Å²) in [6.45, 7) is 6.30. The lowest BCUT2D eigenvalue weighted by Gasteiger charge is -2.34. The molecule has 11 heteroatoms. The molecule has 3 rings (SSSR count). The lowest BCUT2D eigenvalue weighted by molar-refractivity contribution is -0.0440. The van der Waals surface area contributed by atoms with Crippen LogP contribution in [0.4, 0.5) is 0 Å². The predicted octanol–water partition coefficient (Wildman–Crippen LogP) is 2.18. The molecule has 0 aromatic heterocycles. The van der Waals surface area contributed by atoms with Crippen LogP contribution in [0.3, 0.4) is 0 Å². The van der Waals surface area contributed by atoms with E-state index in [4.69, 9.17) is 16.3 Å². The Labute approximate surface area is 189 Å². The molecular weight excluding hydrogens is 464 g/mol. The smallest absolute Gasteiger partial charge is 0.254 e. The Bertz CT molecular complexity index is 1030. The monoisotopic (exact) mass is 492 g/mol. The zero-order valence-corrected chi connectivity index (χ0v) is 20.3. The Morgan fingerprint density at radius 3 is 2.45 bits per heavy atom. The molecule has 2 saturated heterocycles. The molecule has 0 unspecified atom stereocenters. The summed E-state index contributed by atoms with van der Waals surface area (Å²) in [6, 6.07) is 3.79. The molecule has 174 valence electrons. The second-order valence-electron chi connectivity index (χ2n) is 8.28. The second-order valence-corrected chi connectivity index (χ2v) is 12.8. The molecule has 0 bridgehead atoms. The molecule has 0 saturated carbocycles. The Morgan fingerprint density at radius 1 is 1.26 bits per heavy atom. The van der Waals surface area contributed by atoms with Crippen molar-refractivity contribution in [3.63, 3.8) is 0 Å². The van der Waals surface area contributed by atoms with E-state index in [1.165, 1.54) is 22.5 Å². The molecule has 0 N–H and O–H groups in total. The average Bonchev–Trinajstić information content (AvgIpc) is 3.04. The summed E-state index contributed by atoms with van der Waals surface area (Å²) in [7, 11) is -7.10. The summed E-state index contributed by atoms with van der Waals surface area (Å²) in [6.07, 6.45) is 0.527. The molecule has 1 aromatic carbocycles. The Balaban J connectivity index is 1.93. The molecule has 1 aromatic rings. The molecule has 2 aliphatic heterocycles. The SMILES string of the molecule is CCCN(C(=O)c1ccc(Cl)c(S(=O)(=O)N2C[C@@H](C)O[C@@H](C)C2)c1)[C@@H]1CCS(=O)(=O)C1. The van der Waals surface area contributed by atoms with Gasteiger partial charge in [0.2, 0.25) is 10.0 Å². The fourth-order valence-electron chi connectivity index (χ4n) is 4.18. The highest BCUT2D eigenvalue weighted by Gasteiger charge is 2.36. The minimum Gasteiger partial charge on any atom is -0.373 e. The summed E-state index contributed by atoms with van der Waals surface area (Å²) in [5, 5.41) is 0.0360. The number of sulfonamides is 1. The van der Waals surface area contributed by atoms with Gasteiger partial charge in [-0.2, -0.15) is 4.31 Å². The first-order valence-corrected chi connectivity index (χ1v) is 14.0. The zero-order valence-electron chi connectivity index (χ0n) is 18.0. The van der Waals surface area contributed by atoms with E-state index in [2.05, 4.69) is 0 Å². The van der Waals surface area contributed by atoms with E-state index in [0.29, 0.717) is 19.4 Å². The van der Waals surface area contributed by atoms with Crippen molar-refractivity contribution < 1.29 is 26.4 Å². The number of carbonyl (C=O) groups excluding carboxylic acids is 1. The van der Waals surface area contributed by atoms with E-state index < -0.39 is 25.9 Å². The summed E-state index contributed by atoms with van der Waals surface area (Å²) in [5.74, 6) is -0.402. The molecule has 31 heavy (non-hydrogen) atoms. The maximum Gasteiger partial charge on any atom is 0.254 e. The van der Waals surface area contributed by atoms with Crippen LogP contribution in [0.1, 0.15) is 44.0 Å². The van der Waals surface area contributed by atoms with Gasteiger partial charge in [-0.25, -0.2) is 16.8 Å². The molecular formula is C20H29ClN2O6S2. The van der Waals surface area contributed by atoms with Gasteiger partial charge in [0.25, 0.3) is 5.91 Å². The van der Waals surface area contributed by atoms with Crippen molar-refractivity contribution in [3.8, 4) is 0 Å². The molecule has 8 nitrogen and oxygen atoms in total. The van der Waals surface area contributed by atoms with E-state index in [0.717, 1.165) is 0 Å². The number of hydrogen-bond donors (Lipinski definition) is 0. The van der Waals surface area contributed by atoms with Gasteiger partial charge in [-0.3, -0.25) is 4.79 Å². The molecule has 2 aliphatic rings. The maximum atomic E-state index is 13.3. The third kappa shape index (κ3) is 5.42. The van der Waals surface area contributed by atoms with Gasteiger partial charge in [-0.05, 0) is 44.9 Å². The highest BCUT2D eigenvalue weighted by molar-refractivity contribution is 7.91. The third-order valence-electron chi connectivity index (χ3n) is 5.56. The van der Waals surface area contributed by atoms with Crippen LogP contribution in [-0.2, 0) is 24.6 Å². The number of morpholine rings is 1. The number of ether oxygens (including phenoxy) is 1. The first kappa shape index (κ1) is 24.4. The number of rotatable bonds is 6. The molecule has 1 amide bonds. The third-order valence-corrected chi connectivity index (χ3v) is 9.62. The lowest BCUT2D eigenvalue weighted by Crippen LogP contribution is -2.48. The van der Waals surface area contributed by atoms with Crippen molar-refractivity contribution >= 4 is 37.4 Å². The summed E-state index contributed by atoms with van der Waals surface area (Å²) >= 11 is 6.24. The van der Waals surface area contributed by atoms with Crippen molar-refractivity contribution in [2.45, 2.75) is 56.8 Å². The number of halogens is 1. The first-order valence-electron chi connectivity index (χ1n) is 10.4. The predicted molar refractivity (Wildman–Crippen MR) is 119 cm³/mol. The van der Waals surface area contributed by atoms with Gasteiger partial charge in [0.1, 0.15) is 4.90 Å². The van der Waals surface area contributed by atoms with Crippen LogP contribution in [0.5, 0.6) is 0 Å². The normalized spacial score (nSPS) is 26.6. The van der Waals surface area contributed by atoms with Gasteiger partial charge in [0, 0.05) is 31.2 Å². The molecule has 0 aliphatic carbocycles. The Kier molecular flexibility index (Phi) is 7.37. The van der Waals surface area contributed by atoms with Crippen molar-refractivity contribution in [1.82, 2.24) is 9.21 Å². The van der Waals surface area contributed by atoms with E-state index in [1.807, 2.05) is 6.92 Å². The highest BCUT2D eigenvalue weighted by atomic mass is 35.5. The van der Waals surface area contributed by atoms with Crippen LogP contribution in [0, 0.1) is 0 Å². The van der Waals surface area contributed by atoms with Crippen molar-refractivity contribution in [2.75, 3.05) is 31.1 Å². The minimum atomic E-state index is -3.94. The zero-order chi connectivity index (χ0) is 23.0. The van der Waals surface area contributed by atoms with Crippen LogP contribution in [0.2, 0.25) is 5.02 Å². The Morgan fingerprint density at radius 2 is 1.90 bits per heavy atom. The largest absolute Gasteiger partial charge is 0.373 e. The number of carbonyl (C=O) groups is 1. The molecule has 2 heterocycles. The number of nitrogens with zero attached hydrogens (tertiary/aromatic N) is 2. The standard InChI is InChI=1S/C20H29ClN2O6S2/c1-4-8-23(17-7-9-30(25,26)13-17)20(24)16-5-6-18(21)19(10-16)31(27,28)22-11-14(2)29-15(3)12-22/h5-6,10,14-15,17H,4,7-9,11-13H2,1-3H3/t14-,15+,17-/m1/s1. The number of amides is 1. The van der Waals surface area contributed by atoms with Gasteiger partial charge in [-0.15, -0.1) is 0 Å². The molecule has 3 atom stereocenters. The van der Waals surface area contributed by atoms with Crippen LogP contribution in [0.25, 0.3) is 0 Å². The first-order chi connectivity index (χ1) is 14.4. The average molecular weight is 493 g/mol. The fraction of sp³-hybridized carbons (Fsp3) is 0.650. The van der Waals surface area contributed by atoms with Crippen LogP contribution in [0.15, 0.2) is 23.1 Å². The quantitative estimate of drug-likeness (QED) is 0.603. The van der Waals surface area contributed by atoms with Crippen LogP contribution in [-0.4, -0.2) is 81.3 Å². The summed E-state index contributed by atoms with van der Waals surface area (Å²) in [5.41, 5.74) is 0.176. The number of sulfone groups is 1. The second kappa shape index (κ2) is 9.35. The molecule has 2 fully saturated rings. The topological polar surface area (TPSA) is 101 Å². The van der Waals surface area contributed by atoms with E-state index in [9.17, 15) is 21.6 Å². The molecule has 0 spiro atoms. The highest BCUT2D eigenvalue weighted by Crippen LogP contribution is 2.29. The fourth-order valence-corrected chi connectivity index (χ4v) is 8.00. The maximum absolute atomic E-state index is 13.3. The van der Waals surface area contributed by atoms with E-state index in [1.54, 1.807) is 18.7 Å². The van der Waals surface area contributed by atoms with Gasteiger partial charge in [-0.1, -0.05) is 18.5 Å².